The van der Waals surface area contributed by atoms with Crippen LogP contribution in [-0.2, 0) is 22.6 Å². The number of amides is 1. The number of hydrogen-bond acceptors (Lipinski definition) is 6. The lowest BCUT2D eigenvalue weighted by molar-refractivity contribution is -0.137. The molecule has 1 aliphatic rings. The van der Waals surface area contributed by atoms with Crippen LogP contribution in [0.3, 0.4) is 0 Å². The van der Waals surface area contributed by atoms with Crippen LogP contribution in [0.2, 0.25) is 0 Å². The van der Waals surface area contributed by atoms with Crippen molar-refractivity contribution in [3.05, 3.63) is 71.5 Å². The van der Waals surface area contributed by atoms with Crippen LogP contribution in [0.25, 0.3) is 5.69 Å². The Labute approximate surface area is 190 Å². The maximum Gasteiger partial charge on any atom is 0.304 e. The molecule has 4 rings (SSSR count). The van der Waals surface area contributed by atoms with Gasteiger partial charge in [-0.2, -0.15) is 10.4 Å². The summed E-state index contributed by atoms with van der Waals surface area (Å²) in [5.74, 6) is -0.330. The molecule has 0 unspecified atom stereocenters. The molecule has 0 radical (unpaired) electrons. The van der Waals surface area contributed by atoms with E-state index in [2.05, 4.69) is 16.5 Å². The van der Waals surface area contributed by atoms with Crippen LogP contribution in [0, 0.1) is 11.3 Å². The topological polar surface area (TPSA) is 120 Å². The SMILES string of the molecule is N#Cc1cc(COc2ccc3c(c2)CCN3C(=O)CNCCC(=O)O)nn1-c1ccccc1. The molecule has 0 bridgehead atoms. The van der Waals surface area contributed by atoms with E-state index in [1.54, 1.807) is 15.6 Å². The van der Waals surface area contributed by atoms with E-state index in [0.29, 0.717) is 30.1 Å². The number of carbonyl (C=O) groups excluding carboxylic acids is 1. The fourth-order valence-corrected chi connectivity index (χ4v) is 3.72. The maximum absolute atomic E-state index is 12.5. The van der Waals surface area contributed by atoms with Crippen LogP contribution in [-0.4, -0.2) is 46.4 Å². The Morgan fingerprint density at radius 1 is 1.18 bits per heavy atom. The fraction of sp³-hybridized carbons (Fsp3) is 0.250. The van der Waals surface area contributed by atoms with E-state index in [0.717, 1.165) is 16.9 Å². The number of ether oxygens (including phenoxy) is 1. The lowest BCUT2D eigenvalue weighted by Gasteiger charge is -2.18. The number of carboxylic acid groups (broad SMARTS) is 1. The Hall–Kier alpha value is -4.16. The molecule has 0 aliphatic carbocycles. The molecule has 3 aromatic rings. The summed E-state index contributed by atoms with van der Waals surface area (Å²) in [7, 11) is 0. The second-order valence-electron chi connectivity index (χ2n) is 7.58. The van der Waals surface area contributed by atoms with Gasteiger partial charge >= 0.3 is 5.97 Å². The van der Waals surface area contributed by atoms with Gasteiger partial charge in [-0.3, -0.25) is 9.59 Å². The molecule has 1 aliphatic heterocycles. The monoisotopic (exact) mass is 445 g/mol. The van der Waals surface area contributed by atoms with Crippen molar-refractivity contribution in [2.75, 3.05) is 24.5 Å². The second kappa shape index (κ2) is 9.97. The molecule has 0 atom stereocenters. The normalized spacial score (nSPS) is 12.3. The molecule has 2 aromatic carbocycles. The van der Waals surface area contributed by atoms with Gasteiger partial charge < -0.3 is 20.1 Å². The maximum atomic E-state index is 12.5. The smallest absolute Gasteiger partial charge is 0.304 e. The molecule has 1 aromatic heterocycles. The molecule has 1 amide bonds. The van der Waals surface area contributed by atoms with Crippen LogP contribution in [0.5, 0.6) is 5.75 Å². The van der Waals surface area contributed by atoms with Crippen LogP contribution >= 0.6 is 0 Å². The number of aliphatic carboxylic acids is 1. The lowest BCUT2D eigenvalue weighted by Crippen LogP contribution is -2.37. The van der Waals surface area contributed by atoms with Crippen molar-refractivity contribution >= 4 is 17.6 Å². The zero-order valence-electron chi connectivity index (χ0n) is 17.9. The van der Waals surface area contributed by atoms with Crippen LogP contribution in [0.15, 0.2) is 54.6 Å². The lowest BCUT2D eigenvalue weighted by atomic mass is 10.1. The van der Waals surface area contributed by atoms with E-state index in [1.165, 1.54) is 0 Å². The zero-order chi connectivity index (χ0) is 23.2. The van der Waals surface area contributed by atoms with Gasteiger partial charge in [0.05, 0.1) is 18.7 Å². The van der Waals surface area contributed by atoms with E-state index in [9.17, 15) is 14.9 Å². The highest BCUT2D eigenvalue weighted by molar-refractivity contribution is 5.96. The van der Waals surface area contributed by atoms with Crippen molar-refractivity contribution in [3.8, 4) is 17.5 Å². The minimum absolute atomic E-state index is 0.0238. The first-order valence-corrected chi connectivity index (χ1v) is 10.6. The minimum Gasteiger partial charge on any atom is -0.487 e. The summed E-state index contributed by atoms with van der Waals surface area (Å²) in [5, 5.41) is 25.5. The highest BCUT2D eigenvalue weighted by Crippen LogP contribution is 2.31. The van der Waals surface area contributed by atoms with Crippen molar-refractivity contribution in [1.82, 2.24) is 15.1 Å². The predicted octanol–water partition coefficient (Wildman–Crippen LogP) is 2.28. The molecule has 9 heteroatoms. The van der Waals surface area contributed by atoms with E-state index < -0.39 is 5.97 Å². The van der Waals surface area contributed by atoms with Crippen molar-refractivity contribution in [1.29, 1.82) is 5.26 Å². The van der Waals surface area contributed by atoms with Gasteiger partial charge in [-0.25, -0.2) is 4.68 Å². The molecule has 2 N–H and O–H groups in total. The van der Waals surface area contributed by atoms with Gasteiger partial charge in [-0.15, -0.1) is 0 Å². The third-order valence-electron chi connectivity index (χ3n) is 5.30. The number of nitrogens with zero attached hydrogens (tertiary/aromatic N) is 4. The molecule has 33 heavy (non-hydrogen) atoms. The number of rotatable bonds is 9. The first-order chi connectivity index (χ1) is 16.0. The summed E-state index contributed by atoms with van der Waals surface area (Å²) in [6.07, 6.45) is 0.693. The first-order valence-electron chi connectivity index (χ1n) is 10.6. The quantitative estimate of drug-likeness (QED) is 0.485. The summed E-state index contributed by atoms with van der Waals surface area (Å²) >= 11 is 0. The Balaban J connectivity index is 1.38. The Morgan fingerprint density at radius 2 is 2.00 bits per heavy atom. The predicted molar refractivity (Wildman–Crippen MR) is 120 cm³/mol. The van der Waals surface area contributed by atoms with Crippen molar-refractivity contribution in [2.24, 2.45) is 0 Å². The van der Waals surface area contributed by atoms with Crippen molar-refractivity contribution < 1.29 is 19.4 Å². The van der Waals surface area contributed by atoms with Gasteiger partial charge in [-0.1, -0.05) is 18.2 Å². The number of hydrogen-bond donors (Lipinski definition) is 2. The van der Waals surface area contributed by atoms with Gasteiger partial charge in [0.15, 0.2) is 0 Å². The number of benzene rings is 2. The minimum atomic E-state index is -0.898. The molecule has 0 fully saturated rings. The Morgan fingerprint density at radius 3 is 2.76 bits per heavy atom. The Bertz CT molecular complexity index is 1200. The third-order valence-corrected chi connectivity index (χ3v) is 5.30. The summed E-state index contributed by atoms with van der Waals surface area (Å²) in [6, 6.07) is 18.9. The van der Waals surface area contributed by atoms with Gasteiger partial charge in [0.1, 0.15) is 29.8 Å². The number of fused-ring (bicyclic) bond motifs is 1. The molecule has 0 spiro atoms. The molecule has 9 nitrogen and oxygen atoms in total. The average molecular weight is 445 g/mol. The third kappa shape index (κ3) is 5.19. The van der Waals surface area contributed by atoms with Crippen LogP contribution < -0.4 is 15.0 Å². The van der Waals surface area contributed by atoms with Crippen molar-refractivity contribution in [3.63, 3.8) is 0 Å². The van der Waals surface area contributed by atoms with E-state index in [4.69, 9.17) is 9.84 Å². The number of para-hydroxylation sites is 1. The zero-order valence-corrected chi connectivity index (χ0v) is 17.9. The second-order valence-corrected chi connectivity index (χ2v) is 7.58. The average Bonchev–Trinajstić information content (AvgIpc) is 3.44. The molecule has 0 saturated heterocycles. The summed E-state index contributed by atoms with van der Waals surface area (Å²) in [4.78, 5) is 24.7. The number of carbonyl (C=O) groups is 2. The van der Waals surface area contributed by atoms with Gasteiger partial charge in [-0.05, 0) is 42.3 Å². The van der Waals surface area contributed by atoms with Crippen LogP contribution in [0.1, 0.15) is 23.4 Å². The summed E-state index contributed by atoms with van der Waals surface area (Å²) < 4.78 is 7.50. The van der Waals surface area contributed by atoms with E-state index in [-0.39, 0.29) is 32.0 Å². The molecular weight excluding hydrogens is 422 g/mol. The van der Waals surface area contributed by atoms with Gasteiger partial charge in [0.2, 0.25) is 5.91 Å². The number of anilines is 1. The summed E-state index contributed by atoms with van der Waals surface area (Å²) in [6.45, 7) is 1.13. The van der Waals surface area contributed by atoms with Gasteiger partial charge in [0, 0.05) is 24.8 Å². The van der Waals surface area contributed by atoms with E-state index >= 15 is 0 Å². The number of nitrogens with one attached hydrogen (secondary N) is 1. The van der Waals surface area contributed by atoms with E-state index in [1.807, 2.05) is 48.5 Å². The van der Waals surface area contributed by atoms with Crippen molar-refractivity contribution in [2.45, 2.75) is 19.4 Å². The van der Waals surface area contributed by atoms with Gasteiger partial charge in [0.25, 0.3) is 0 Å². The molecule has 2 heterocycles. The number of aromatic nitrogens is 2. The summed E-state index contributed by atoms with van der Waals surface area (Å²) in [5.41, 5.74) is 3.73. The molecule has 0 saturated carbocycles. The highest BCUT2D eigenvalue weighted by atomic mass is 16.5. The first kappa shape index (κ1) is 22.0. The Kier molecular flexibility index (Phi) is 6.66. The fourth-order valence-electron chi connectivity index (χ4n) is 3.72. The van der Waals surface area contributed by atoms with Crippen LogP contribution in [0.4, 0.5) is 5.69 Å². The number of nitriles is 1. The number of carboxylic acids is 1. The molecular formula is C24H23N5O4. The standard InChI is InChI=1S/C24H23N5O4/c25-14-20-13-18(27-29(20)19-4-2-1-3-5-19)16-33-21-6-7-22-17(12-21)9-11-28(22)23(30)15-26-10-8-24(31)32/h1-7,12-13,26H,8-11,15-16H2,(H,31,32). The largest absolute Gasteiger partial charge is 0.487 e. The highest BCUT2D eigenvalue weighted by Gasteiger charge is 2.24. The molecule has 168 valence electrons.